The van der Waals surface area contributed by atoms with Crippen LogP contribution < -0.4 is 0 Å². The zero-order valence-electron chi connectivity index (χ0n) is 13.7. The number of nitrogens with zero attached hydrogens (tertiary/aromatic N) is 3. The van der Waals surface area contributed by atoms with Gasteiger partial charge in [0.05, 0.1) is 35.5 Å². The summed E-state index contributed by atoms with van der Waals surface area (Å²) in [5, 5.41) is 0. The average Bonchev–Trinajstić information content (AvgIpc) is 3.06. The van der Waals surface area contributed by atoms with Gasteiger partial charge in [0.25, 0.3) is 0 Å². The van der Waals surface area contributed by atoms with Gasteiger partial charge in [-0.1, -0.05) is 24.3 Å². The number of imidazole rings is 1. The van der Waals surface area contributed by atoms with Crippen molar-refractivity contribution in [2.45, 2.75) is 11.4 Å². The number of rotatable bonds is 4. The van der Waals surface area contributed by atoms with Gasteiger partial charge in [-0.25, -0.2) is 13.4 Å². The van der Waals surface area contributed by atoms with Gasteiger partial charge in [-0.3, -0.25) is 0 Å². The van der Waals surface area contributed by atoms with Gasteiger partial charge < -0.3 is 9.30 Å². The van der Waals surface area contributed by atoms with E-state index in [4.69, 9.17) is 4.74 Å². The van der Waals surface area contributed by atoms with E-state index in [1.54, 1.807) is 24.5 Å². The molecule has 0 aliphatic carbocycles. The molecule has 0 N–H and O–H groups in total. The number of sulfonamides is 1. The molecule has 2 aromatic carbocycles. The highest BCUT2D eigenvalue weighted by atomic mass is 32.2. The molecule has 7 heteroatoms. The summed E-state index contributed by atoms with van der Waals surface area (Å²) in [7, 11) is -3.48. The average molecular weight is 357 g/mol. The fourth-order valence-electron chi connectivity index (χ4n) is 3.07. The van der Waals surface area contributed by atoms with E-state index in [0.717, 1.165) is 16.6 Å². The first-order chi connectivity index (χ1) is 12.1. The van der Waals surface area contributed by atoms with Crippen LogP contribution in [0.25, 0.3) is 11.0 Å². The molecule has 6 nitrogen and oxygen atoms in total. The predicted molar refractivity (Wildman–Crippen MR) is 94.9 cm³/mol. The highest BCUT2D eigenvalue weighted by Gasteiger charge is 2.26. The first-order valence-electron chi connectivity index (χ1n) is 8.21. The number of para-hydroxylation sites is 2. The molecule has 25 heavy (non-hydrogen) atoms. The van der Waals surface area contributed by atoms with Crippen LogP contribution in [-0.4, -0.2) is 48.6 Å². The van der Waals surface area contributed by atoms with Crippen LogP contribution in [0.2, 0.25) is 0 Å². The van der Waals surface area contributed by atoms with Gasteiger partial charge in [0.15, 0.2) is 0 Å². The van der Waals surface area contributed by atoms with Gasteiger partial charge >= 0.3 is 0 Å². The molecule has 0 spiro atoms. The van der Waals surface area contributed by atoms with Crippen molar-refractivity contribution in [3.8, 4) is 0 Å². The monoisotopic (exact) mass is 357 g/mol. The van der Waals surface area contributed by atoms with Gasteiger partial charge in [0.2, 0.25) is 10.0 Å². The molecule has 2 heterocycles. The first kappa shape index (κ1) is 16.3. The Labute approximate surface area is 146 Å². The van der Waals surface area contributed by atoms with Crippen molar-refractivity contribution < 1.29 is 13.2 Å². The van der Waals surface area contributed by atoms with Crippen molar-refractivity contribution >= 4 is 21.1 Å². The lowest BCUT2D eigenvalue weighted by atomic mass is 10.2. The molecular weight excluding hydrogens is 338 g/mol. The highest BCUT2D eigenvalue weighted by molar-refractivity contribution is 7.89. The number of benzene rings is 2. The molecule has 0 atom stereocenters. The van der Waals surface area contributed by atoms with E-state index in [1.807, 2.05) is 34.9 Å². The van der Waals surface area contributed by atoms with Gasteiger partial charge in [-0.05, 0) is 29.8 Å². The fourth-order valence-corrected chi connectivity index (χ4v) is 4.55. The van der Waals surface area contributed by atoms with E-state index >= 15 is 0 Å². The Morgan fingerprint density at radius 2 is 1.84 bits per heavy atom. The second kappa shape index (κ2) is 6.59. The minimum atomic E-state index is -3.48. The first-order valence-corrected chi connectivity index (χ1v) is 9.65. The van der Waals surface area contributed by atoms with Crippen molar-refractivity contribution in [1.82, 2.24) is 13.9 Å². The van der Waals surface area contributed by atoms with E-state index in [1.165, 1.54) is 4.31 Å². The van der Waals surface area contributed by atoms with E-state index < -0.39 is 10.0 Å². The standard InChI is InChI=1S/C18H19N3O3S/c22-25(23,21-8-10-24-11-9-21)16-5-3-4-15(12-16)13-20-14-19-17-6-1-2-7-18(17)20/h1-7,12,14H,8-11,13H2. The van der Waals surface area contributed by atoms with E-state index in [2.05, 4.69) is 4.98 Å². The van der Waals surface area contributed by atoms with Gasteiger partial charge in [-0.15, -0.1) is 0 Å². The molecule has 1 aromatic heterocycles. The molecule has 3 aromatic rings. The van der Waals surface area contributed by atoms with Crippen molar-refractivity contribution in [3.63, 3.8) is 0 Å². The fraction of sp³-hybridized carbons (Fsp3) is 0.278. The lowest BCUT2D eigenvalue weighted by Gasteiger charge is -2.26. The minimum Gasteiger partial charge on any atom is -0.379 e. The lowest BCUT2D eigenvalue weighted by Crippen LogP contribution is -2.40. The molecule has 0 saturated carbocycles. The summed E-state index contributed by atoms with van der Waals surface area (Å²) in [6.07, 6.45) is 1.79. The van der Waals surface area contributed by atoms with Crippen LogP contribution in [0.3, 0.4) is 0 Å². The van der Waals surface area contributed by atoms with Gasteiger partial charge in [0.1, 0.15) is 0 Å². The van der Waals surface area contributed by atoms with E-state index in [0.29, 0.717) is 37.7 Å². The number of aromatic nitrogens is 2. The van der Waals surface area contributed by atoms with Crippen molar-refractivity contribution in [1.29, 1.82) is 0 Å². The Hall–Kier alpha value is -2.22. The highest BCUT2D eigenvalue weighted by Crippen LogP contribution is 2.20. The topological polar surface area (TPSA) is 64.4 Å². The maximum Gasteiger partial charge on any atom is 0.243 e. The van der Waals surface area contributed by atoms with Crippen LogP contribution in [0.5, 0.6) is 0 Å². The van der Waals surface area contributed by atoms with Crippen LogP contribution in [0.1, 0.15) is 5.56 Å². The van der Waals surface area contributed by atoms with Crippen LogP contribution in [-0.2, 0) is 21.3 Å². The molecule has 0 radical (unpaired) electrons. The zero-order valence-corrected chi connectivity index (χ0v) is 14.5. The molecule has 1 aliphatic heterocycles. The van der Waals surface area contributed by atoms with Crippen molar-refractivity contribution in [2.75, 3.05) is 26.3 Å². The summed E-state index contributed by atoms with van der Waals surface area (Å²) in [6, 6.07) is 15.0. The summed E-state index contributed by atoms with van der Waals surface area (Å²) in [5.41, 5.74) is 2.89. The molecule has 1 fully saturated rings. The molecule has 0 unspecified atom stereocenters. The Bertz CT molecular complexity index is 991. The molecule has 1 aliphatic rings. The third-order valence-electron chi connectivity index (χ3n) is 4.39. The molecule has 130 valence electrons. The van der Waals surface area contributed by atoms with E-state index in [9.17, 15) is 8.42 Å². The zero-order chi connectivity index (χ0) is 17.3. The van der Waals surface area contributed by atoms with Crippen LogP contribution in [0.15, 0.2) is 59.8 Å². The Kier molecular flexibility index (Phi) is 4.29. The molecule has 1 saturated heterocycles. The molecular formula is C18H19N3O3S. The third-order valence-corrected chi connectivity index (χ3v) is 6.28. The summed E-state index contributed by atoms with van der Waals surface area (Å²) < 4.78 is 34.4. The number of ether oxygens (including phenoxy) is 1. The predicted octanol–water partition coefficient (Wildman–Crippen LogP) is 2.11. The normalized spacial score (nSPS) is 16.3. The van der Waals surface area contributed by atoms with Gasteiger partial charge in [-0.2, -0.15) is 4.31 Å². The van der Waals surface area contributed by atoms with Crippen molar-refractivity contribution in [3.05, 3.63) is 60.4 Å². The summed E-state index contributed by atoms with van der Waals surface area (Å²) in [4.78, 5) is 4.71. The second-order valence-corrected chi connectivity index (χ2v) is 7.96. The lowest BCUT2D eigenvalue weighted by molar-refractivity contribution is 0.0730. The summed E-state index contributed by atoms with van der Waals surface area (Å²) >= 11 is 0. The largest absolute Gasteiger partial charge is 0.379 e. The maximum absolute atomic E-state index is 12.8. The third kappa shape index (κ3) is 3.18. The van der Waals surface area contributed by atoms with Crippen LogP contribution in [0, 0.1) is 0 Å². The molecule has 0 amide bonds. The number of morpholine rings is 1. The maximum atomic E-state index is 12.8. The van der Waals surface area contributed by atoms with E-state index in [-0.39, 0.29) is 0 Å². The molecule has 4 rings (SSSR count). The van der Waals surface area contributed by atoms with Crippen molar-refractivity contribution in [2.24, 2.45) is 0 Å². The SMILES string of the molecule is O=S(=O)(c1cccc(Cn2cnc3ccccc32)c1)N1CCOCC1. The van der Waals surface area contributed by atoms with Crippen LogP contribution in [0.4, 0.5) is 0 Å². The number of hydrogen-bond donors (Lipinski definition) is 0. The summed E-state index contributed by atoms with van der Waals surface area (Å²) in [6.45, 7) is 2.27. The second-order valence-electron chi connectivity index (χ2n) is 6.03. The Morgan fingerprint density at radius 3 is 2.68 bits per heavy atom. The molecule has 0 bridgehead atoms. The number of hydrogen-bond acceptors (Lipinski definition) is 4. The minimum absolute atomic E-state index is 0.330. The summed E-state index contributed by atoms with van der Waals surface area (Å²) in [5.74, 6) is 0. The quantitative estimate of drug-likeness (QED) is 0.717. The Balaban J connectivity index is 1.63. The van der Waals surface area contributed by atoms with Crippen LogP contribution >= 0.6 is 0 Å². The van der Waals surface area contributed by atoms with Gasteiger partial charge in [0, 0.05) is 19.6 Å². The smallest absolute Gasteiger partial charge is 0.243 e. The Morgan fingerprint density at radius 1 is 1.04 bits per heavy atom. The number of fused-ring (bicyclic) bond motifs is 1.